The van der Waals surface area contributed by atoms with Gasteiger partial charge in [0.05, 0.1) is 33.2 Å². The van der Waals surface area contributed by atoms with E-state index in [4.69, 9.17) is 14.2 Å². The number of anilines is 1. The minimum atomic E-state index is -0.278. The summed E-state index contributed by atoms with van der Waals surface area (Å²) < 4.78 is 15.8. The lowest BCUT2D eigenvalue weighted by molar-refractivity contribution is 0.102. The van der Waals surface area contributed by atoms with E-state index < -0.39 is 0 Å². The van der Waals surface area contributed by atoms with Crippen LogP contribution in [0.5, 0.6) is 17.4 Å². The predicted octanol–water partition coefficient (Wildman–Crippen LogP) is 3.42. The van der Waals surface area contributed by atoms with E-state index in [2.05, 4.69) is 15.3 Å². The average molecular weight is 365 g/mol. The molecule has 7 heteroatoms. The fraction of sp³-hybridized carbons (Fsp3) is 0.150. The highest BCUT2D eigenvalue weighted by molar-refractivity contribution is 6.05. The zero-order valence-electron chi connectivity index (χ0n) is 15.2. The first-order chi connectivity index (χ1) is 13.2. The first kappa shape index (κ1) is 18.2. The second-order valence-electron chi connectivity index (χ2n) is 5.51. The topological polar surface area (TPSA) is 82.6 Å². The van der Waals surface area contributed by atoms with Gasteiger partial charge in [0.1, 0.15) is 17.2 Å². The molecule has 2 aromatic heterocycles. The summed E-state index contributed by atoms with van der Waals surface area (Å²) in [6.45, 7) is 0. The van der Waals surface area contributed by atoms with Crippen molar-refractivity contribution < 1.29 is 19.0 Å². The Kier molecular flexibility index (Phi) is 5.51. The zero-order chi connectivity index (χ0) is 19.2. The number of nitrogens with zero attached hydrogens (tertiary/aromatic N) is 2. The molecule has 0 saturated heterocycles. The Labute approximate surface area is 156 Å². The van der Waals surface area contributed by atoms with Gasteiger partial charge in [0.15, 0.2) is 0 Å². The molecule has 1 N–H and O–H groups in total. The molecule has 0 atom stereocenters. The molecule has 27 heavy (non-hydrogen) atoms. The molecule has 0 aliphatic carbocycles. The fourth-order valence-corrected chi connectivity index (χ4v) is 2.56. The van der Waals surface area contributed by atoms with Gasteiger partial charge in [-0.15, -0.1) is 0 Å². The molecule has 3 aromatic rings. The molecule has 2 heterocycles. The molecule has 3 rings (SSSR count). The third-order valence-corrected chi connectivity index (χ3v) is 3.91. The molecule has 0 unspecified atom stereocenters. The van der Waals surface area contributed by atoms with Crippen molar-refractivity contribution in [2.45, 2.75) is 0 Å². The van der Waals surface area contributed by atoms with Crippen LogP contribution in [0.4, 0.5) is 5.69 Å². The van der Waals surface area contributed by atoms with Crippen LogP contribution in [0.15, 0.2) is 54.9 Å². The third-order valence-electron chi connectivity index (χ3n) is 3.91. The van der Waals surface area contributed by atoms with Gasteiger partial charge < -0.3 is 19.5 Å². The number of nitrogens with one attached hydrogen (secondary N) is 1. The highest BCUT2D eigenvalue weighted by Crippen LogP contribution is 2.35. The van der Waals surface area contributed by atoms with Crippen LogP contribution in [0.1, 0.15) is 10.4 Å². The van der Waals surface area contributed by atoms with Crippen molar-refractivity contribution in [3.8, 4) is 28.6 Å². The van der Waals surface area contributed by atoms with E-state index in [1.54, 1.807) is 56.8 Å². The van der Waals surface area contributed by atoms with Gasteiger partial charge in [0.25, 0.3) is 5.91 Å². The van der Waals surface area contributed by atoms with Crippen molar-refractivity contribution >= 4 is 11.6 Å². The molecule has 1 aromatic carbocycles. The molecular formula is C20H19N3O4. The molecule has 0 bridgehead atoms. The van der Waals surface area contributed by atoms with E-state index in [0.717, 1.165) is 5.56 Å². The summed E-state index contributed by atoms with van der Waals surface area (Å²) in [6, 6.07) is 12.2. The van der Waals surface area contributed by atoms with Crippen LogP contribution in [0.2, 0.25) is 0 Å². The molecule has 0 spiro atoms. The minimum absolute atomic E-state index is 0.278. The summed E-state index contributed by atoms with van der Waals surface area (Å²) in [6.07, 6.45) is 3.20. The van der Waals surface area contributed by atoms with Crippen molar-refractivity contribution in [3.05, 3.63) is 60.4 Å². The Hall–Kier alpha value is -3.61. The largest absolute Gasteiger partial charge is 0.496 e. The van der Waals surface area contributed by atoms with Crippen LogP contribution in [0.25, 0.3) is 11.3 Å². The molecule has 7 nitrogen and oxygen atoms in total. The van der Waals surface area contributed by atoms with Gasteiger partial charge in [-0.25, -0.2) is 4.98 Å². The Morgan fingerprint density at radius 3 is 2.41 bits per heavy atom. The molecule has 0 aliphatic rings. The summed E-state index contributed by atoms with van der Waals surface area (Å²) >= 11 is 0. The lowest BCUT2D eigenvalue weighted by Gasteiger charge is -2.13. The van der Waals surface area contributed by atoms with Crippen LogP contribution in [-0.2, 0) is 0 Å². The molecule has 0 saturated carbocycles. The number of carbonyl (C=O) groups excluding carboxylic acids is 1. The van der Waals surface area contributed by atoms with Gasteiger partial charge in [-0.2, -0.15) is 0 Å². The number of benzene rings is 1. The van der Waals surface area contributed by atoms with Gasteiger partial charge in [-0.3, -0.25) is 9.78 Å². The standard InChI is InChI=1S/C20H19N3O4/c1-25-16-5-4-10-21-19(16)15-8-6-13(11-17(15)26-2)20(24)23-14-7-9-18(27-3)22-12-14/h4-12H,1-3H3,(H,23,24). The van der Waals surface area contributed by atoms with Crippen molar-refractivity contribution in [1.82, 2.24) is 9.97 Å². The summed E-state index contributed by atoms with van der Waals surface area (Å²) in [4.78, 5) is 21.0. The molecule has 0 radical (unpaired) electrons. The highest BCUT2D eigenvalue weighted by atomic mass is 16.5. The fourth-order valence-electron chi connectivity index (χ4n) is 2.56. The number of amides is 1. The first-order valence-corrected chi connectivity index (χ1v) is 8.15. The van der Waals surface area contributed by atoms with Crippen LogP contribution in [0.3, 0.4) is 0 Å². The molecular weight excluding hydrogens is 346 g/mol. The number of hydrogen-bond acceptors (Lipinski definition) is 6. The number of carbonyl (C=O) groups is 1. The van der Waals surface area contributed by atoms with Gasteiger partial charge in [0.2, 0.25) is 5.88 Å². The van der Waals surface area contributed by atoms with Crippen LogP contribution >= 0.6 is 0 Å². The van der Waals surface area contributed by atoms with Crippen molar-refractivity contribution in [2.24, 2.45) is 0 Å². The van der Waals surface area contributed by atoms with Crippen LogP contribution < -0.4 is 19.5 Å². The second kappa shape index (κ2) is 8.18. The van der Waals surface area contributed by atoms with Gasteiger partial charge in [-0.05, 0) is 36.4 Å². The quantitative estimate of drug-likeness (QED) is 0.721. The number of methoxy groups -OCH3 is 3. The highest BCUT2D eigenvalue weighted by Gasteiger charge is 2.15. The maximum absolute atomic E-state index is 12.5. The zero-order valence-corrected chi connectivity index (χ0v) is 15.2. The molecule has 138 valence electrons. The smallest absolute Gasteiger partial charge is 0.255 e. The van der Waals surface area contributed by atoms with Crippen molar-refractivity contribution in [2.75, 3.05) is 26.6 Å². The lowest BCUT2D eigenvalue weighted by atomic mass is 10.1. The molecule has 0 aliphatic heterocycles. The monoisotopic (exact) mass is 365 g/mol. The summed E-state index contributed by atoms with van der Waals surface area (Å²) in [5.41, 5.74) is 2.39. The third kappa shape index (κ3) is 3.98. The minimum Gasteiger partial charge on any atom is -0.496 e. The van der Waals surface area contributed by atoms with E-state index in [1.807, 2.05) is 6.07 Å². The second-order valence-corrected chi connectivity index (χ2v) is 5.51. The number of ether oxygens (including phenoxy) is 3. The Balaban J connectivity index is 1.87. The number of rotatable bonds is 6. The van der Waals surface area contributed by atoms with E-state index in [9.17, 15) is 4.79 Å². The maximum atomic E-state index is 12.5. The van der Waals surface area contributed by atoms with Gasteiger partial charge in [0, 0.05) is 23.4 Å². The first-order valence-electron chi connectivity index (χ1n) is 8.15. The van der Waals surface area contributed by atoms with Crippen LogP contribution in [0, 0.1) is 0 Å². The number of aromatic nitrogens is 2. The Morgan fingerprint density at radius 1 is 0.926 bits per heavy atom. The summed E-state index contributed by atoms with van der Waals surface area (Å²) in [5.74, 6) is 1.34. The molecule has 0 fully saturated rings. The van der Waals surface area contributed by atoms with E-state index >= 15 is 0 Å². The maximum Gasteiger partial charge on any atom is 0.255 e. The SMILES string of the molecule is COc1ccc(NC(=O)c2ccc(-c3ncccc3OC)c(OC)c2)cn1. The molecule has 1 amide bonds. The summed E-state index contributed by atoms with van der Waals surface area (Å²) in [5, 5.41) is 2.79. The van der Waals surface area contributed by atoms with Crippen LogP contribution in [-0.4, -0.2) is 37.2 Å². The predicted molar refractivity (Wildman–Crippen MR) is 102 cm³/mol. The van der Waals surface area contributed by atoms with E-state index in [-0.39, 0.29) is 5.91 Å². The van der Waals surface area contributed by atoms with Gasteiger partial charge >= 0.3 is 0 Å². The van der Waals surface area contributed by atoms with E-state index in [1.165, 1.54) is 13.3 Å². The number of hydrogen-bond donors (Lipinski definition) is 1. The lowest BCUT2D eigenvalue weighted by Crippen LogP contribution is -2.12. The average Bonchev–Trinajstić information content (AvgIpc) is 2.73. The Bertz CT molecular complexity index is 942. The Morgan fingerprint density at radius 2 is 1.74 bits per heavy atom. The van der Waals surface area contributed by atoms with Gasteiger partial charge in [-0.1, -0.05) is 0 Å². The van der Waals surface area contributed by atoms with Crippen molar-refractivity contribution in [3.63, 3.8) is 0 Å². The normalized spacial score (nSPS) is 10.2. The summed E-state index contributed by atoms with van der Waals surface area (Å²) in [7, 11) is 4.66. The van der Waals surface area contributed by atoms with E-state index in [0.29, 0.717) is 34.3 Å². The number of pyridine rings is 2. The van der Waals surface area contributed by atoms with Crippen molar-refractivity contribution in [1.29, 1.82) is 0 Å².